The summed E-state index contributed by atoms with van der Waals surface area (Å²) in [5.41, 5.74) is 3.24. The zero-order valence-corrected chi connectivity index (χ0v) is 12.0. The Bertz CT molecular complexity index is 567. The molecule has 0 unspecified atom stereocenters. The highest BCUT2D eigenvalue weighted by Crippen LogP contribution is 2.18. The molecule has 2 N–H and O–H groups in total. The summed E-state index contributed by atoms with van der Waals surface area (Å²) >= 11 is 0. The summed E-state index contributed by atoms with van der Waals surface area (Å²) in [4.78, 5) is 0. The maximum Gasteiger partial charge on any atom is 0.120 e. The zero-order chi connectivity index (χ0) is 14.4. The molecule has 3 heteroatoms. The molecule has 2 aromatic carbocycles. The quantitative estimate of drug-likeness (QED) is 0.846. The average molecular weight is 271 g/mol. The van der Waals surface area contributed by atoms with Gasteiger partial charge in [-0.05, 0) is 37.6 Å². The monoisotopic (exact) mass is 271 g/mol. The first-order valence-corrected chi connectivity index (χ1v) is 6.90. The first kappa shape index (κ1) is 14.4. The molecule has 20 heavy (non-hydrogen) atoms. The average Bonchev–Trinajstić information content (AvgIpc) is 2.43. The van der Waals surface area contributed by atoms with Crippen LogP contribution in [0.15, 0.2) is 42.5 Å². The van der Waals surface area contributed by atoms with Crippen LogP contribution in [0.4, 0.5) is 0 Å². The molecule has 0 bridgehead atoms. The minimum atomic E-state index is 0.339. The third kappa shape index (κ3) is 4.00. The van der Waals surface area contributed by atoms with Crippen molar-refractivity contribution in [1.29, 1.82) is 0 Å². The number of phenolic OH excluding ortho intramolecular Hbond substituents is 1. The van der Waals surface area contributed by atoms with E-state index < -0.39 is 0 Å². The van der Waals surface area contributed by atoms with Gasteiger partial charge in [-0.15, -0.1) is 0 Å². The summed E-state index contributed by atoms with van der Waals surface area (Å²) in [6, 6.07) is 13.7. The molecule has 2 rings (SSSR count). The van der Waals surface area contributed by atoms with E-state index in [0.29, 0.717) is 18.9 Å². The fraction of sp³-hybridized carbons (Fsp3) is 0.294. The molecule has 0 saturated heterocycles. The second kappa shape index (κ2) is 6.96. The number of ether oxygens (including phenoxy) is 1. The maximum absolute atomic E-state index is 9.79. The summed E-state index contributed by atoms with van der Waals surface area (Å²) in [6.45, 7) is 6.06. The van der Waals surface area contributed by atoms with Gasteiger partial charge in [0, 0.05) is 18.7 Å². The van der Waals surface area contributed by atoms with Crippen LogP contribution in [-0.4, -0.2) is 11.7 Å². The highest BCUT2D eigenvalue weighted by molar-refractivity contribution is 5.35. The molecular weight excluding hydrogens is 250 g/mol. The lowest BCUT2D eigenvalue weighted by atomic mass is 10.1. The highest BCUT2D eigenvalue weighted by atomic mass is 16.5. The lowest BCUT2D eigenvalue weighted by Gasteiger charge is -2.09. The smallest absolute Gasteiger partial charge is 0.120 e. The predicted octanol–water partition coefficient (Wildman–Crippen LogP) is 3.39. The Morgan fingerprint density at radius 3 is 2.75 bits per heavy atom. The Morgan fingerprint density at radius 1 is 1.10 bits per heavy atom. The van der Waals surface area contributed by atoms with Crippen molar-refractivity contribution in [1.82, 2.24) is 5.32 Å². The molecule has 2 aromatic rings. The van der Waals surface area contributed by atoms with E-state index in [1.54, 1.807) is 6.07 Å². The van der Waals surface area contributed by atoms with Crippen LogP contribution in [0, 0.1) is 6.92 Å². The molecule has 0 fully saturated rings. The lowest BCUT2D eigenvalue weighted by molar-refractivity contribution is 0.340. The number of aryl methyl sites for hydroxylation is 1. The topological polar surface area (TPSA) is 41.5 Å². The summed E-state index contributed by atoms with van der Waals surface area (Å²) in [5.74, 6) is 1.23. The SMILES string of the molecule is CCOc1cccc(CNCc2cc(C)ccc2O)c1. The van der Waals surface area contributed by atoms with Crippen molar-refractivity contribution in [3.05, 3.63) is 59.2 Å². The van der Waals surface area contributed by atoms with E-state index in [0.717, 1.165) is 23.4 Å². The van der Waals surface area contributed by atoms with E-state index in [1.807, 2.05) is 44.2 Å². The minimum absolute atomic E-state index is 0.339. The molecule has 0 aliphatic carbocycles. The van der Waals surface area contributed by atoms with E-state index >= 15 is 0 Å². The van der Waals surface area contributed by atoms with E-state index in [4.69, 9.17) is 4.74 Å². The van der Waals surface area contributed by atoms with Crippen molar-refractivity contribution in [3.63, 3.8) is 0 Å². The molecule has 0 spiro atoms. The Labute approximate surface area is 120 Å². The summed E-state index contributed by atoms with van der Waals surface area (Å²) < 4.78 is 5.48. The molecule has 0 amide bonds. The molecular formula is C17H21NO2. The standard InChI is InChI=1S/C17H21NO2/c1-3-20-16-6-4-5-14(10-16)11-18-12-15-9-13(2)7-8-17(15)19/h4-10,18-19H,3,11-12H2,1-2H3. The van der Waals surface area contributed by atoms with Gasteiger partial charge in [0.05, 0.1) is 6.61 Å². The molecule has 0 heterocycles. The zero-order valence-electron chi connectivity index (χ0n) is 12.0. The van der Waals surface area contributed by atoms with Gasteiger partial charge < -0.3 is 15.2 Å². The van der Waals surface area contributed by atoms with E-state index in [2.05, 4.69) is 11.4 Å². The van der Waals surface area contributed by atoms with Gasteiger partial charge in [0.25, 0.3) is 0 Å². The largest absolute Gasteiger partial charge is 0.508 e. The Morgan fingerprint density at radius 2 is 1.95 bits per heavy atom. The van der Waals surface area contributed by atoms with Crippen LogP contribution in [0.25, 0.3) is 0 Å². The van der Waals surface area contributed by atoms with Crippen molar-refractivity contribution < 1.29 is 9.84 Å². The van der Waals surface area contributed by atoms with Crippen LogP contribution < -0.4 is 10.1 Å². The van der Waals surface area contributed by atoms with E-state index in [1.165, 1.54) is 5.56 Å². The molecule has 0 aliphatic heterocycles. The number of rotatable bonds is 6. The first-order valence-electron chi connectivity index (χ1n) is 6.90. The van der Waals surface area contributed by atoms with Gasteiger partial charge in [-0.3, -0.25) is 0 Å². The molecule has 0 radical (unpaired) electrons. The van der Waals surface area contributed by atoms with E-state index in [-0.39, 0.29) is 0 Å². The molecule has 0 atom stereocenters. The van der Waals surface area contributed by atoms with Crippen molar-refractivity contribution >= 4 is 0 Å². The lowest BCUT2D eigenvalue weighted by Crippen LogP contribution is -2.13. The number of hydrogen-bond donors (Lipinski definition) is 2. The van der Waals surface area contributed by atoms with Gasteiger partial charge in [0.2, 0.25) is 0 Å². The summed E-state index contributed by atoms with van der Waals surface area (Å²) in [6.07, 6.45) is 0. The second-order valence-corrected chi connectivity index (χ2v) is 4.82. The molecule has 0 aromatic heterocycles. The Balaban J connectivity index is 1.92. The first-order chi connectivity index (χ1) is 9.69. The van der Waals surface area contributed by atoms with Crippen LogP contribution in [-0.2, 0) is 13.1 Å². The Hall–Kier alpha value is -2.00. The van der Waals surface area contributed by atoms with Crippen molar-refractivity contribution in [3.8, 4) is 11.5 Å². The number of hydrogen-bond acceptors (Lipinski definition) is 3. The number of phenols is 1. The third-order valence-corrected chi connectivity index (χ3v) is 3.09. The number of benzene rings is 2. The van der Waals surface area contributed by atoms with Crippen LogP contribution >= 0.6 is 0 Å². The maximum atomic E-state index is 9.79. The fourth-order valence-corrected chi connectivity index (χ4v) is 2.11. The van der Waals surface area contributed by atoms with E-state index in [9.17, 15) is 5.11 Å². The van der Waals surface area contributed by atoms with Crippen molar-refractivity contribution in [2.24, 2.45) is 0 Å². The summed E-state index contributed by atoms with van der Waals surface area (Å²) in [7, 11) is 0. The van der Waals surface area contributed by atoms with Gasteiger partial charge >= 0.3 is 0 Å². The second-order valence-electron chi connectivity index (χ2n) is 4.82. The molecule has 3 nitrogen and oxygen atoms in total. The van der Waals surface area contributed by atoms with Crippen LogP contribution in [0.1, 0.15) is 23.6 Å². The molecule has 106 valence electrons. The minimum Gasteiger partial charge on any atom is -0.508 e. The fourth-order valence-electron chi connectivity index (χ4n) is 2.11. The van der Waals surface area contributed by atoms with Gasteiger partial charge in [0.15, 0.2) is 0 Å². The Kier molecular flexibility index (Phi) is 5.02. The number of aromatic hydroxyl groups is 1. The van der Waals surface area contributed by atoms with Crippen LogP contribution in [0.5, 0.6) is 11.5 Å². The van der Waals surface area contributed by atoms with Gasteiger partial charge in [0.1, 0.15) is 11.5 Å². The van der Waals surface area contributed by atoms with Crippen LogP contribution in [0.3, 0.4) is 0 Å². The number of nitrogens with one attached hydrogen (secondary N) is 1. The molecule has 0 aliphatic rings. The van der Waals surface area contributed by atoms with Crippen molar-refractivity contribution in [2.45, 2.75) is 26.9 Å². The van der Waals surface area contributed by atoms with Gasteiger partial charge in [-0.25, -0.2) is 0 Å². The summed E-state index contributed by atoms with van der Waals surface area (Å²) in [5, 5.41) is 13.1. The van der Waals surface area contributed by atoms with Crippen molar-refractivity contribution in [2.75, 3.05) is 6.61 Å². The van der Waals surface area contributed by atoms with Gasteiger partial charge in [-0.1, -0.05) is 29.8 Å². The normalized spacial score (nSPS) is 10.5. The van der Waals surface area contributed by atoms with Crippen LogP contribution in [0.2, 0.25) is 0 Å². The highest BCUT2D eigenvalue weighted by Gasteiger charge is 2.01. The predicted molar refractivity (Wildman–Crippen MR) is 81.0 cm³/mol. The third-order valence-electron chi connectivity index (χ3n) is 3.09. The van der Waals surface area contributed by atoms with Gasteiger partial charge in [-0.2, -0.15) is 0 Å². The molecule has 0 saturated carbocycles.